The first-order valence-electron chi connectivity index (χ1n) is 21.5. The van der Waals surface area contributed by atoms with Crippen LogP contribution in [0.3, 0.4) is 0 Å². The van der Waals surface area contributed by atoms with Crippen LogP contribution in [0.1, 0.15) is 79.3 Å². The van der Waals surface area contributed by atoms with Crippen LogP contribution in [0.25, 0.3) is 0 Å². The van der Waals surface area contributed by atoms with Gasteiger partial charge in [-0.2, -0.15) is 0 Å². The van der Waals surface area contributed by atoms with Crippen LogP contribution in [-0.4, -0.2) is 162 Å². The number of cyclic esters (lactones) is 1. The van der Waals surface area contributed by atoms with Gasteiger partial charge in [0, 0.05) is 51.8 Å². The highest BCUT2D eigenvalue weighted by molar-refractivity contribution is 5.91. The number of hydrogen-bond donors (Lipinski definition) is 4. The summed E-state index contributed by atoms with van der Waals surface area (Å²) in [5, 5.41) is 44.9. The molecule has 17 heteroatoms. The molecule has 0 radical (unpaired) electrons. The van der Waals surface area contributed by atoms with Crippen LogP contribution in [0.2, 0.25) is 0 Å². The van der Waals surface area contributed by atoms with Gasteiger partial charge < -0.3 is 58.7 Å². The number of aliphatic hydroxyl groups is 3. The molecule has 0 aromatic carbocycles. The number of carbonyl (C=O) groups is 2. The minimum Gasteiger partial charge on any atom is -0.462 e. The minimum absolute atomic E-state index is 0.0651. The molecule has 342 valence electrons. The van der Waals surface area contributed by atoms with Crippen molar-refractivity contribution < 1.29 is 58.1 Å². The van der Waals surface area contributed by atoms with E-state index in [2.05, 4.69) is 15.6 Å². The van der Waals surface area contributed by atoms with Gasteiger partial charge in [-0.3, -0.25) is 14.3 Å². The Morgan fingerprint density at radius 2 is 1.63 bits per heavy atom. The monoisotopic (exact) mass is 852 g/mol. The molecule has 4 rings (SSSR count). The van der Waals surface area contributed by atoms with Crippen LogP contribution in [0, 0.1) is 23.7 Å². The van der Waals surface area contributed by atoms with E-state index in [4.69, 9.17) is 33.2 Å². The zero-order valence-corrected chi connectivity index (χ0v) is 37.5. The van der Waals surface area contributed by atoms with Gasteiger partial charge in [-0.25, -0.2) is 0 Å². The summed E-state index contributed by atoms with van der Waals surface area (Å²) in [6, 6.07) is -0.652. The lowest BCUT2D eigenvalue weighted by molar-refractivity contribution is -0.304. The maximum Gasteiger partial charge on any atom is 0.306 e. The lowest BCUT2D eigenvalue weighted by Gasteiger charge is -2.46. The van der Waals surface area contributed by atoms with Crippen molar-refractivity contribution in [3.8, 4) is 0 Å². The lowest BCUT2D eigenvalue weighted by atomic mass is 9.80. The summed E-state index contributed by atoms with van der Waals surface area (Å²) in [5.41, 5.74) is 1.57. The zero-order chi connectivity index (χ0) is 44.3. The van der Waals surface area contributed by atoms with E-state index in [1.165, 1.54) is 14.2 Å². The van der Waals surface area contributed by atoms with Crippen molar-refractivity contribution in [2.24, 2.45) is 23.7 Å². The topological polar surface area (TPSA) is 205 Å². The number of nitrogens with zero attached hydrogens (tertiary/aromatic N) is 4. The highest BCUT2D eigenvalue weighted by Crippen LogP contribution is 2.35. The predicted molar refractivity (Wildman–Crippen MR) is 221 cm³/mol. The fourth-order valence-electron chi connectivity index (χ4n) is 8.69. The number of rotatable bonds is 14. The van der Waals surface area contributed by atoms with Gasteiger partial charge in [0.2, 0.25) is 0 Å². The Bertz CT molecular complexity index is 1540. The summed E-state index contributed by atoms with van der Waals surface area (Å²) in [6.07, 6.45) is 0.339. The van der Waals surface area contributed by atoms with Crippen LogP contribution in [0.15, 0.2) is 30.0 Å². The van der Waals surface area contributed by atoms with Gasteiger partial charge in [0.05, 0.1) is 42.8 Å². The molecule has 17 nitrogen and oxygen atoms in total. The normalized spacial score (nSPS) is 39.3. The molecule has 1 aromatic rings. The fraction of sp³-hybridized carbons (Fsp3) is 0.814. The summed E-state index contributed by atoms with van der Waals surface area (Å²) in [5.74, 6) is -1.80. The van der Waals surface area contributed by atoms with Crippen molar-refractivity contribution >= 4 is 11.8 Å². The number of aliphatic hydroxyl groups excluding tert-OH is 3. The summed E-state index contributed by atoms with van der Waals surface area (Å²) in [6.45, 7) is 12.4. The van der Waals surface area contributed by atoms with Crippen molar-refractivity contribution in [2.75, 3.05) is 42.0 Å². The average Bonchev–Trinajstić information content (AvgIpc) is 3.66. The number of ether oxygens (including phenoxy) is 7. The molecule has 2 saturated heterocycles. The molecule has 4 heterocycles. The number of allylic oxidation sites excluding steroid dienone is 3. The van der Waals surface area contributed by atoms with Crippen LogP contribution in [0.4, 0.5) is 0 Å². The van der Waals surface area contributed by atoms with Crippen LogP contribution < -0.4 is 5.32 Å². The second-order valence-electron chi connectivity index (χ2n) is 17.1. The van der Waals surface area contributed by atoms with E-state index < -0.39 is 85.4 Å². The number of nitrogens with one attached hydrogen (secondary N) is 1. The molecule has 60 heavy (non-hydrogen) atoms. The lowest BCUT2D eigenvalue weighted by Crippen LogP contribution is -2.63. The Hall–Kier alpha value is -2.68. The standard InChI is InChI=1S/C43H73N5O12/c1-12-33-30(23-56-43-41(55-11)40(54-10)37(52)28(6)58-43)19-24(2)13-15-32(49)26(4)20-29(17-18-48-22-31(21-44-7)45-46-48)39(25(3)14-16-34(50)59-33)60-42-38(53)35(47(8)9)36(51)27(5)57-42/h13,15,19,22,25-30,33,35-44,51-53H,12,14,16-18,20-21,23H2,1-11H3/b15-13+,24-19+/t25-,26+,27+,28?,29-,30+,33+,35?,36?,37?,38?,39+,40?,41?,42-,43?/m0/s1. The van der Waals surface area contributed by atoms with Crippen molar-refractivity contribution in [1.82, 2.24) is 25.2 Å². The van der Waals surface area contributed by atoms with Gasteiger partial charge in [-0.15, -0.1) is 5.10 Å². The molecule has 3 aliphatic heterocycles. The van der Waals surface area contributed by atoms with Crippen LogP contribution >= 0.6 is 0 Å². The SMILES string of the molecule is CC[C@H]1OC(=O)CC[C@H](C)[C@@H](O[C@@H]2O[C@H](C)C(O)C(N(C)C)C2O)[C@@H](CCn2cc(CNC)nn2)C[C@@H](C)C(=O)/C=C/C(C)=C/[C@@H]1COC1OC(C)C(O)C(OC)C1OC. The molecule has 1 aromatic heterocycles. The molecule has 0 bridgehead atoms. The second-order valence-corrected chi connectivity index (χ2v) is 17.1. The second kappa shape index (κ2) is 23.7. The molecular weight excluding hydrogens is 778 g/mol. The number of aryl methyl sites for hydroxylation is 1. The molecule has 0 amide bonds. The minimum atomic E-state index is -1.18. The third-order valence-electron chi connectivity index (χ3n) is 12.2. The largest absolute Gasteiger partial charge is 0.462 e. The number of ketones is 1. The molecule has 16 atom stereocenters. The molecule has 2 fully saturated rings. The molecule has 4 N–H and O–H groups in total. The van der Waals surface area contributed by atoms with E-state index in [1.807, 2.05) is 47.0 Å². The van der Waals surface area contributed by atoms with Crippen LogP contribution in [0.5, 0.6) is 0 Å². The van der Waals surface area contributed by atoms with Crippen molar-refractivity contribution in [3.63, 3.8) is 0 Å². The summed E-state index contributed by atoms with van der Waals surface area (Å²) < 4.78 is 44.5. The Kier molecular flexibility index (Phi) is 19.7. The maximum absolute atomic E-state index is 13.9. The summed E-state index contributed by atoms with van der Waals surface area (Å²) in [7, 11) is 8.42. The maximum atomic E-state index is 13.9. The molecule has 8 unspecified atom stereocenters. The van der Waals surface area contributed by atoms with E-state index in [9.17, 15) is 24.9 Å². The Labute approximate surface area is 356 Å². The summed E-state index contributed by atoms with van der Waals surface area (Å²) in [4.78, 5) is 29.4. The van der Waals surface area contributed by atoms with E-state index in [0.29, 0.717) is 38.8 Å². The van der Waals surface area contributed by atoms with Gasteiger partial charge in [-0.05, 0) is 85.5 Å². The van der Waals surface area contributed by atoms with Crippen molar-refractivity contribution in [2.45, 2.75) is 160 Å². The predicted octanol–water partition coefficient (Wildman–Crippen LogP) is 2.40. The van der Waals surface area contributed by atoms with Gasteiger partial charge >= 0.3 is 5.97 Å². The van der Waals surface area contributed by atoms with Crippen LogP contribution in [-0.2, 0) is 55.8 Å². The first-order valence-corrected chi connectivity index (χ1v) is 21.5. The van der Waals surface area contributed by atoms with Gasteiger partial charge in [0.25, 0.3) is 0 Å². The highest BCUT2D eigenvalue weighted by Gasteiger charge is 2.47. The molecule has 0 aliphatic carbocycles. The fourth-order valence-corrected chi connectivity index (χ4v) is 8.69. The van der Waals surface area contributed by atoms with Gasteiger partial charge in [-0.1, -0.05) is 43.7 Å². The Morgan fingerprint density at radius 1 is 0.950 bits per heavy atom. The third-order valence-corrected chi connectivity index (χ3v) is 12.2. The Morgan fingerprint density at radius 3 is 2.28 bits per heavy atom. The van der Waals surface area contributed by atoms with E-state index in [-0.39, 0.29) is 36.6 Å². The van der Waals surface area contributed by atoms with E-state index in [1.54, 1.807) is 49.7 Å². The molecule has 3 aliphatic rings. The third kappa shape index (κ3) is 13.2. The van der Waals surface area contributed by atoms with Crippen molar-refractivity contribution in [1.29, 1.82) is 0 Å². The number of carbonyl (C=O) groups excluding carboxylic acids is 2. The first kappa shape index (κ1) is 50.0. The zero-order valence-electron chi connectivity index (χ0n) is 37.5. The van der Waals surface area contributed by atoms with E-state index >= 15 is 0 Å². The molecular formula is C43H73N5O12. The molecule has 0 saturated carbocycles. The highest BCUT2D eigenvalue weighted by atomic mass is 16.7. The molecule has 0 spiro atoms. The van der Waals surface area contributed by atoms with Crippen molar-refractivity contribution in [3.05, 3.63) is 35.7 Å². The summed E-state index contributed by atoms with van der Waals surface area (Å²) >= 11 is 0. The number of hydrogen-bond acceptors (Lipinski definition) is 16. The van der Waals surface area contributed by atoms with Gasteiger partial charge in [0.1, 0.15) is 30.5 Å². The number of esters is 1. The van der Waals surface area contributed by atoms with Gasteiger partial charge in [0.15, 0.2) is 18.4 Å². The number of aromatic nitrogens is 3. The Balaban J connectivity index is 1.66. The quantitative estimate of drug-likeness (QED) is 0.199. The van der Waals surface area contributed by atoms with E-state index in [0.717, 1.165) is 11.3 Å². The number of likely N-dealkylation sites (N-methyl/N-ethyl adjacent to an activating group) is 1. The smallest absolute Gasteiger partial charge is 0.306 e. The average molecular weight is 852 g/mol. The number of methoxy groups -OCH3 is 2. The first-order chi connectivity index (χ1) is 28.5.